The number of para-hydroxylation sites is 1. The lowest BCUT2D eigenvalue weighted by Gasteiger charge is -2.07. The molecule has 118 valence electrons. The van der Waals surface area contributed by atoms with Crippen LogP contribution in [-0.2, 0) is 18.8 Å². The largest absolute Gasteiger partial charge is 0.431 e. The van der Waals surface area contributed by atoms with E-state index in [0.717, 1.165) is 12.1 Å². The first kappa shape index (κ1) is 17.6. The van der Waals surface area contributed by atoms with Crippen LogP contribution < -0.4 is 5.73 Å². The van der Waals surface area contributed by atoms with Crippen LogP contribution in [0.15, 0.2) is 18.2 Å². The molecule has 9 heteroatoms. The van der Waals surface area contributed by atoms with Crippen LogP contribution in [0.2, 0.25) is 0 Å². The second kappa shape index (κ2) is 5.76. The Balaban J connectivity index is 0.00000220. The minimum atomic E-state index is -4.76. The van der Waals surface area contributed by atoms with Gasteiger partial charge in [-0.05, 0) is 24.6 Å². The maximum atomic E-state index is 12.9. The van der Waals surface area contributed by atoms with Crippen LogP contribution in [0.4, 0.5) is 26.3 Å². The second-order valence-electron chi connectivity index (χ2n) is 4.24. The Labute approximate surface area is 121 Å². The lowest BCUT2D eigenvalue weighted by molar-refractivity contribution is -0.142. The van der Waals surface area contributed by atoms with E-state index < -0.39 is 29.1 Å². The molecule has 0 saturated carbocycles. The molecule has 0 amide bonds. The van der Waals surface area contributed by atoms with Gasteiger partial charge in [-0.2, -0.15) is 26.3 Å². The molecular formula is C12H11ClF6N2. The van der Waals surface area contributed by atoms with E-state index in [-0.39, 0.29) is 36.3 Å². The topological polar surface area (TPSA) is 41.8 Å². The molecule has 0 fully saturated rings. The van der Waals surface area contributed by atoms with Crippen molar-refractivity contribution in [2.45, 2.75) is 18.8 Å². The number of fused-ring (bicyclic) bond motifs is 1. The molecule has 0 aliphatic rings. The van der Waals surface area contributed by atoms with Gasteiger partial charge in [0.05, 0.1) is 11.1 Å². The second-order valence-corrected chi connectivity index (χ2v) is 4.24. The van der Waals surface area contributed by atoms with Crippen molar-refractivity contribution in [1.29, 1.82) is 0 Å². The van der Waals surface area contributed by atoms with Gasteiger partial charge in [0.25, 0.3) is 0 Å². The molecule has 2 aromatic rings. The normalized spacial score (nSPS) is 12.5. The number of H-pyrrole nitrogens is 1. The summed E-state index contributed by atoms with van der Waals surface area (Å²) < 4.78 is 77.1. The van der Waals surface area contributed by atoms with Crippen molar-refractivity contribution in [1.82, 2.24) is 4.98 Å². The Morgan fingerprint density at radius 1 is 1.00 bits per heavy atom. The molecule has 1 aromatic carbocycles. The average Bonchev–Trinajstić information content (AvgIpc) is 2.67. The van der Waals surface area contributed by atoms with Crippen LogP contribution in [0.3, 0.4) is 0 Å². The fourth-order valence-electron chi connectivity index (χ4n) is 2.16. The predicted octanol–water partition coefficient (Wildman–Crippen LogP) is 4.13. The van der Waals surface area contributed by atoms with Crippen LogP contribution >= 0.6 is 12.4 Å². The summed E-state index contributed by atoms with van der Waals surface area (Å²) in [6, 6.07) is 3.05. The number of aromatic amines is 1. The van der Waals surface area contributed by atoms with E-state index >= 15 is 0 Å². The van der Waals surface area contributed by atoms with E-state index in [9.17, 15) is 26.3 Å². The zero-order chi connectivity index (χ0) is 15.1. The van der Waals surface area contributed by atoms with Gasteiger partial charge in [-0.25, -0.2) is 0 Å². The highest BCUT2D eigenvalue weighted by atomic mass is 35.5. The highest BCUT2D eigenvalue weighted by Gasteiger charge is 2.39. The molecule has 0 aliphatic carbocycles. The maximum Gasteiger partial charge on any atom is 0.431 e. The van der Waals surface area contributed by atoms with E-state index in [0.29, 0.717) is 0 Å². The molecule has 0 atom stereocenters. The lowest BCUT2D eigenvalue weighted by atomic mass is 10.0. The van der Waals surface area contributed by atoms with E-state index in [4.69, 9.17) is 5.73 Å². The minimum Gasteiger partial charge on any atom is -0.350 e. The van der Waals surface area contributed by atoms with E-state index in [1.807, 2.05) is 4.98 Å². The predicted molar refractivity (Wildman–Crippen MR) is 68.3 cm³/mol. The average molecular weight is 333 g/mol. The van der Waals surface area contributed by atoms with Crippen molar-refractivity contribution in [3.8, 4) is 0 Å². The molecule has 3 N–H and O–H groups in total. The first-order valence-electron chi connectivity index (χ1n) is 5.64. The van der Waals surface area contributed by atoms with Gasteiger partial charge in [-0.15, -0.1) is 12.4 Å². The summed E-state index contributed by atoms with van der Waals surface area (Å²) in [7, 11) is 0. The molecule has 21 heavy (non-hydrogen) atoms. The molecule has 1 heterocycles. The van der Waals surface area contributed by atoms with E-state index in [1.165, 1.54) is 6.07 Å². The highest BCUT2D eigenvalue weighted by Crippen LogP contribution is 2.40. The smallest absolute Gasteiger partial charge is 0.350 e. The Morgan fingerprint density at radius 2 is 1.62 bits per heavy atom. The molecule has 0 bridgehead atoms. The van der Waals surface area contributed by atoms with Gasteiger partial charge < -0.3 is 10.7 Å². The van der Waals surface area contributed by atoms with Crippen molar-refractivity contribution in [2.75, 3.05) is 6.54 Å². The van der Waals surface area contributed by atoms with Crippen LogP contribution in [0.25, 0.3) is 10.9 Å². The highest BCUT2D eigenvalue weighted by molar-refractivity contribution is 5.88. The Bertz CT molecular complexity index is 629. The summed E-state index contributed by atoms with van der Waals surface area (Å²) in [6.07, 6.45) is -9.64. The van der Waals surface area contributed by atoms with E-state index in [2.05, 4.69) is 0 Å². The van der Waals surface area contributed by atoms with Crippen LogP contribution in [-0.4, -0.2) is 11.5 Å². The number of aromatic nitrogens is 1. The van der Waals surface area contributed by atoms with Crippen molar-refractivity contribution in [2.24, 2.45) is 5.73 Å². The molecule has 2 nitrogen and oxygen atoms in total. The van der Waals surface area contributed by atoms with Gasteiger partial charge in [0.15, 0.2) is 0 Å². The summed E-state index contributed by atoms with van der Waals surface area (Å²) in [6.45, 7) is -0.0910. The van der Waals surface area contributed by atoms with E-state index in [1.54, 1.807) is 0 Å². The molecule has 0 spiro atoms. The minimum absolute atomic E-state index is 0. The first-order valence-corrected chi connectivity index (χ1v) is 5.64. The number of nitrogens with two attached hydrogens (primary N) is 1. The fourth-order valence-corrected chi connectivity index (χ4v) is 2.16. The number of rotatable bonds is 2. The SMILES string of the molecule is Cl.NCCc1c(C(F)(F)F)[nH]c2c(C(F)(F)F)cccc12. The van der Waals surface area contributed by atoms with Crippen LogP contribution in [0, 0.1) is 0 Å². The molecule has 0 unspecified atom stereocenters. The van der Waals surface area contributed by atoms with Crippen LogP contribution in [0.5, 0.6) is 0 Å². The summed E-state index contributed by atoms with van der Waals surface area (Å²) in [5.74, 6) is 0. The zero-order valence-electron chi connectivity index (χ0n) is 10.4. The van der Waals surface area contributed by atoms with Crippen molar-refractivity contribution in [3.63, 3.8) is 0 Å². The monoisotopic (exact) mass is 332 g/mol. The maximum absolute atomic E-state index is 12.9. The third-order valence-corrected chi connectivity index (χ3v) is 2.92. The molecule has 0 saturated heterocycles. The number of halogens is 7. The van der Waals surface area contributed by atoms with Gasteiger partial charge in [0.2, 0.25) is 0 Å². The number of hydrogen-bond acceptors (Lipinski definition) is 1. The zero-order valence-corrected chi connectivity index (χ0v) is 11.2. The third kappa shape index (κ3) is 3.26. The van der Waals surface area contributed by atoms with Crippen LogP contribution in [0.1, 0.15) is 16.8 Å². The fraction of sp³-hybridized carbons (Fsp3) is 0.333. The van der Waals surface area contributed by atoms with Crippen molar-refractivity contribution >= 4 is 23.3 Å². The Hall–Kier alpha value is -1.41. The Morgan fingerprint density at radius 3 is 2.10 bits per heavy atom. The molecule has 2 rings (SSSR count). The lowest BCUT2D eigenvalue weighted by Crippen LogP contribution is -2.11. The Kier molecular flexibility index (Phi) is 4.84. The third-order valence-electron chi connectivity index (χ3n) is 2.92. The number of hydrogen-bond donors (Lipinski definition) is 2. The number of benzene rings is 1. The van der Waals surface area contributed by atoms with Crippen molar-refractivity contribution in [3.05, 3.63) is 35.0 Å². The van der Waals surface area contributed by atoms with Gasteiger partial charge in [0, 0.05) is 5.39 Å². The molecule has 1 aromatic heterocycles. The molecule has 0 radical (unpaired) electrons. The summed E-state index contributed by atoms with van der Waals surface area (Å²) in [5, 5.41) is -0.0994. The standard InChI is InChI=1S/C12H10F6N2.ClH/c13-11(14,15)8-3-1-2-6-7(4-5-19)10(12(16,17)18)20-9(6)8;/h1-3,20H,4-5,19H2;1H. The van der Waals surface area contributed by atoms with Gasteiger partial charge in [-0.3, -0.25) is 0 Å². The summed E-state index contributed by atoms with van der Waals surface area (Å²) in [5.41, 5.74) is 2.16. The first-order chi connectivity index (χ1) is 9.16. The number of alkyl halides is 6. The van der Waals surface area contributed by atoms with Crippen molar-refractivity contribution < 1.29 is 26.3 Å². The molecular weight excluding hydrogens is 322 g/mol. The van der Waals surface area contributed by atoms with Gasteiger partial charge in [0.1, 0.15) is 5.69 Å². The van der Waals surface area contributed by atoms with Gasteiger partial charge in [-0.1, -0.05) is 12.1 Å². The van der Waals surface area contributed by atoms with Gasteiger partial charge >= 0.3 is 12.4 Å². The summed E-state index contributed by atoms with van der Waals surface area (Å²) in [4.78, 5) is 1.86. The number of nitrogens with one attached hydrogen (secondary N) is 1. The molecule has 0 aliphatic heterocycles. The summed E-state index contributed by atoms with van der Waals surface area (Å²) >= 11 is 0. The quantitative estimate of drug-likeness (QED) is 0.798.